The molecule has 0 radical (unpaired) electrons. The lowest BCUT2D eigenvalue weighted by molar-refractivity contribution is 0.625. The fourth-order valence-electron chi connectivity index (χ4n) is 0.902. The van der Waals surface area contributed by atoms with Gasteiger partial charge in [-0.05, 0) is 17.7 Å². The Morgan fingerprint density at radius 2 is 1.85 bits per heavy atom. The molecule has 0 unspecified atom stereocenters. The molecule has 1 aromatic rings. The van der Waals surface area contributed by atoms with Crippen LogP contribution in [0.2, 0.25) is 0 Å². The van der Waals surface area contributed by atoms with Crippen LogP contribution in [0.5, 0.6) is 0 Å². The molecule has 0 amide bonds. The Morgan fingerprint density at radius 1 is 1.23 bits per heavy atom. The lowest BCUT2D eigenvalue weighted by Crippen LogP contribution is -2.15. The summed E-state index contributed by atoms with van der Waals surface area (Å²) in [6, 6.07) is 6.43. The molecule has 0 aliphatic carbocycles. The first-order valence-electron chi connectivity index (χ1n) is 3.84. The van der Waals surface area contributed by atoms with Crippen LogP contribution in [0.4, 0.5) is 4.39 Å². The lowest BCUT2D eigenvalue weighted by Gasteiger charge is -2.01. The van der Waals surface area contributed by atoms with Gasteiger partial charge < -0.3 is 5.32 Å². The molecule has 0 aliphatic heterocycles. The highest BCUT2D eigenvalue weighted by molar-refractivity contribution is 6.18. The fraction of sp³-hybridized carbons (Fsp3) is 0.333. The molecule has 0 bridgehead atoms. The molecule has 4 heteroatoms. The van der Waals surface area contributed by atoms with E-state index in [-0.39, 0.29) is 18.2 Å². The zero-order chi connectivity index (χ0) is 8.81. The molecule has 0 spiro atoms. The third-order valence-electron chi connectivity index (χ3n) is 1.51. The van der Waals surface area contributed by atoms with Crippen molar-refractivity contribution in [3.63, 3.8) is 0 Å². The summed E-state index contributed by atoms with van der Waals surface area (Å²) in [5.74, 6) is 0.400. The van der Waals surface area contributed by atoms with Crippen LogP contribution in [-0.2, 0) is 6.54 Å². The first kappa shape index (κ1) is 12.7. The van der Waals surface area contributed by atoms with Crippen LogP contribution in [0.15, 0.2) is 24.3 Å². The van der Waals surface area contributed by atoms with Gasteiger partial charge in [-0.3, -0.25) is 0 Å². The third-order valence-corrected chi connectivity index (χ3v) is 1.70. The average Bonchev–Trinajstić information content (AvgIpc) is 2.09. The molecular formula is C9H12Cl2FN. The van der Waals surface area contributed by atoms with E-state index in [1.165, 1.54) is 12.1 Å². The van der Waals surface area contributed by atoms with Gasteiger partial charge in [0.2, 0.25) is 0 Å². The van der Waals surface area contributed by atoms with Gasteiger partial charge in [0.1, 0.15) is 5.82 Å². The highest BCUT2D eigenvalue weighted by Gasteiger charge is 1.92. The average molecular weight is 224 g/mol. The molecule has 1 aromatic carbocycles. The Kier molecular flexibility index (Phi) is 6.96. The summed E-state index contributed by atoms with van der Waals surface area (Å²) >= 11 is 5.47. The predicted molar refractivity (Wildman–Crippen MR) is 56.1 cm³/mol. The van der Waals surface area contributed by atoms with Crippen molar-refractivity contribution in [1.82, 2.24) is 5.32 Å². The standard InChI is InChI=1S/C9H11ClFN.ClH/c10-5-6-12-7-8-1-3-9(11)4-2-8;/h1-4,12H,5-7H2;1H. The maximum atomic E-state index is 12.4. The van der Waals surface area contributed by atoms with Crippen LogP contribution in [0.3, 0.4) is 0 Å². The molecule has 0 heterocycles. The maximum Gasteiger partial charge on any atom is 0.123 e. The molecular weight excluding hydrogens is 212 g/mol. The minimum Gasteiger partial charge on any atom is -0.311 e. The first-order chi connectivity index (χ1) is 5.83. The van der Waals surface area contributed by atoms with E-state index in [1.807, 2.05) is 0 Å². The zero-order valence-corrected chi connectivity index (χ0v) is 8.67. The Balaban J connectivity index is 0.00000144. The van der Waals surface area contributed by atoms with Crippen molar-refractivity contribution in [3.8, 4) is 0 Å². The van der Waals surface area contributed by atoms with E-state index in [2.05, 4.69) is 5.32 Å². The zero-order valence-electron chi connectivity index (χ0n) is 7.09. The van der Waals surface area contributed by atoms with Gasteiger partial charge in [-0.1, -0.05) is 12.1 Å². The van der Waals surface area contributed by atoms with Crippen molar-refractivity contribution in [2.45, 2.75) is 6.54 Å². The van der Waals surface area contributed by atoms with E-state index in [4.69, 9.17) is 11.6 Å². The fourth-order valence-corrected chi connectivity index (χ4v) is 1.04. The summed E-state index contributed by atoms with van der Waals surface area (Å²) in [5, 5.41) is 3.12. The van der Waals surface area contributed by atoms with Crippen molar-refractivity contribution in [2.24, 2.45) is 0 Å². The molecule has 0 atom stereocenters. The van der Waals surface area contributed by atoms with Crippen molar-refractivity contribution in [3.05, 3.63) is 35.6 Å². The highest BCUT2D eigenvalue weighted by Crippen LogP contribution is 2.01. The summed E-state index contributed by atoms with van der Waals surface area (Å²) in [7, 11) is 0. The van der Waals surface area contributed by atoms with Crippen LogP contribution in [0, 0.1) is 5.82 Å². The normalized spacial score (nSPS) is 9.38. The van der Waals surface area contributed by atoms with E-state index >= 15 is 0 Å². The van der Waals surface area contributed by atoms with Crippen LogP contribution in [0.1, 0.15) is 5.56 Å². The van der Waals surface area contributed by atoms with E-state index in [9.17, 15) is 4.39 Å². The van der Waals surface area contributed by atoms with E-state index in [1.54, 1.807) is 12.1 Å². The Morgan fingerprint density at radius 3 is 2.38 bits per heavy atom. The molecule has 0 aromatic heterocycles. The lowest BCUT2D eigenvalue weighted by atomic mass is 10.2. The van der Waals surface area contributed by atoms with Crippen molar-refractivity contribution in [2.75, 3.05) is 12.4 Å². The quantitative estimate of drug-likeness (QED) is 0.612. The maximum absolute atomic E-state index is 12.4. The largest absolute Gasteiger partial charge is 0.311 e. The van der Waals surface area contributed by atoms with E-state index in [0.29, 0.717) is 5.88 Å². The van der Waals surface area contributed by atoms with Gasteiger partial charge in [0.15, 0.2) is 0 Å². The number of rotatable bonds is 4. The van der Waals surface area contributed by atoms with Crippen molar-refractivity contribution < 1.29 is 4.39 Å². The Hall–Kier alpha value is -0.310. The first-order valence-corrected chi connectivity index (χ1v) is 4.37. The monoisotopic (exact) mass is 223 g/mol. The summed E-state index contributed by atoms with van der Waals surface area (Å²) in [5.41, 5.74) is 1.07. The molecule has 0 aliphatic rings. The van der Waals surface area contributed by atoms with Gasteiger partial charge in [-0.15, -0.1) is 24.0 Å². The van der Waals surface area contributed by atoms with Crippen molar-refractivity contribution in [1.29, 1.82) is 0 Å². The smallest absolute Gasteiger partial charge is 0.123 e. The number of nitrogens with one attached hydrogen (secondary N) is 1. The number of hydrogen-bond donors (Lipinski definition) is 1. The Labute approximate surface area is 88.7 Å². The number of hydrogen-bond acceptors (Lipinski definition) is 1. The predicted octanol–water partition coefficient (Wildman–Crippen LogP) is 2.58. The molecule has 1 rings (SSSR count). The molecule has 0 saturated carbocycles. The third kappa shape index (κ3) is 5.09. The molecule has 0 saturated heterocycles. The SMILES string of the molecule is Cl.Fc1ccc(CNCCCl)cc1. The van der Waals surface area contributed by atoms with E-state index < -0.39 is 0 Å². The van der Waals surface area contributed by atoms with Gasteiger partial charge >= 0.3 is 0 Å². The molecule has 74 valence electrons. The van der Waals surface area contributed by atoms with Crippen LogP contribution in [0.25, 0.3) is 0 Å². The summed E-state index contributed by atoms with van der Waals surface area (Å²) in [4.78, 5) is 0. The van der Waals surface area contributed by atoms with Crippen LogP contribution in [-0.4, -0.2) is 12.4 Å². The number of halogens is 3. The van der Waals surface area contributed by atoms with Gasteiger partial charge in [0.05, 0.1) is 0 Å². The second-order valence-electron chi connectivity index (χ2n) is 2.49. The summed E-state index contributed by atoms with van der Waals surface area (Å²) in [6.45, 7) is 1.52. The minimum atomic E-state index is -0.198. The number of benzene rings is 1. The summed E-state index contributed by atoms with van der Waals surface area (Å²) < 4.78 is 12.4. The van der Waals surface area contributed by atoms with Gasteiger partial charge in [0, 0.05) is 19.0 Å². The van der Waals surface area contributed by atoms with Crippen LogP contribution >= 0.6 is 24.0 Å². The van der Waals surface area contributed by atoms with Gasteiger partial charge in [-0.2, -0.15) is 0 Å². The molecule has 0 fully saturated rings. The second kappa shape index (κ2) is 7.13. The second-order valence-corrected chi connectivity index (χ2v) is 2.87. The number of alkyl halides is 1. The molecule has 1 nitrogen and oxygen atoms in total. The highest BCUT2D eigenvalue weighted by atomic mass is 35.5. The van der Waals surface area contributed by atoms with Gasteiger partial charge in [0.25, 0.3) is 0 Å². The molecule has 13 heavy (non-hydrogen) atoms. The van der Waals surface area contributed by atoms with E-state index in [0.717, 1.165) is 18.7 Å². The Bertz CT molecular complexity index is 226. The van der Waals surface area contributed by atoms with Crippen molar-refractivity contribution >= 4 is 24.0 Å². The topological polar surface area (TPSA) is 12.0 Å². The minimum absolute atomic E-state index is 0. The molecule has 1 N–H and O–H groups in total. The summed E-state index contributed by atoms with van der Waals surface area (Å²) in [6.07, 6.45) is 0. The van der Waals surface area contributed by atoms with Gasteiger partial charge in [-0.25, -0.2) is 4.39 Å². The van der Waals surface area contributed by atoms with Crippen LogP contribution < -0.4 is 5.32 Å².